The van der Waals surface area contributed by atoms with Crippen molar-refractivity contribution in [3.05, 3.63) is 46.4 Å². The second-order valence-electron chi connectivity index (χ2n) is 4.84. The maximum atomic E-state index is 6.04. The molecule has 0 fully saturated rings. The van der Waals surface area contributed by atoms with E-state index in [1.807, 2.05) is 19.1 Å². The maximum absolute atomic E-state index is 6.04. The fourth-order valence-electron chi connectivity index (χ4n) is 1.89. The fraction of sp³-hybridized carbons (Fsp3) is 0.375. The average Bonchev–Trinajstić information content (AvgIpc) is 2.43. The van der Waals surface area contributed by atoms with E-state index in [-0.39, 0.29) is 0 Å². The highest BCUT2D eigenvalue weighted by Crippen LogP contribution is 2.27. The summed E-state index contributed by atoms with van der Waals surface area (Å²) in [5, 5.41) is 0.437. The molecule has 1 aromatic carbocycles. The maximum Gasteiger partial charge on any atom is 0.226 e. The van der Waals surface area contributed by atoms with Crippen LogP contribution in [0.1, 0.15) is 36.7 Å². The van der Waals surface area contributed by atoms with E-state index in [0.29, 0.717) is 16.9 Å². The summed E-state index contributed by atoms with van der Waals surface area (Å²) in [6, 6.07) is 8.12. The van der Waals surface area contributed by atoms with Crippen molar-refractivity contribution in [1.29, 1.82) is 0 Å². The molecule has 106 valence electrons. The van der Waals surface area contributed by atoms with Gasteiger partial charge in [-0.1, -0.05) is 37.1 Å². The fourth-order valence-corrected chi connectivity index (χ4v) is 2.09. The van der Waals surface area contributed by atoms with E-state index in [9.17, 15) is 0 Å². The first-order valence-corrected chi connectivity index (χ1v) is 7.25. The van der Waals surface area contributed by atoms with E-state index < -0.39 is 0 Å². The Morgan fingerprint density at radius 2 is 1.80 bits per heavy atom. The number of unbranched alkanes of at least 4 members (excludes halogenated alkanes) is 1. The zero-order chi connectivity index (χ0) is 14.5. The van der Waals surface area contributed by atoms with Crippen molar-refractivity contribution in [3.8, 4) is 11.6 Å². The highest BCUT2D eigenvalue weighted by Gasteiger charge is 2.09. The highest BCUT2D eigenvalue weighted by atomic mass is 35.5. The molecule has 0 amide bonds. The normalized spacial score (nSPS) is 10.6. The van der Waals surface area contributed by atoms with Crippen LogP contribution in [0.5, 0.6) is 11.6 Å². The van der Waals surface area contributed by atoms with E-state index in [1.165, 1.54) is 18.4 Å². The van der Waals surface area contributed by atoms with E-state index in [2.05, 4.69) is 29.0 Å². The lowest BCUT2D eigenvalue weighted by Gasteiger charge is -2.09. The summed E-state index contributed by atoms with van der Waals surface area (Å²) in [5.74, 6) is 1.89. The largest absolute Gasteiger partial charge is 0.439 e. The summed E-state index contributed by atoms with van der Waals surface area (Å²) >= 11 is 6.04. The van der Waals surface area contributed by atoms with Gasteiger partial charge >= 0.3 is 0 Å². The van der Waals surface area contributed by atoms with Crippen LogP contribution < -0.4 is 4.74 Å². The van der Waals surface area contributed by atoms with Gasteiger partial charge in [0.2, 0.25) is 5.88 Å². The lowest BCUT2D eigenvalue weighted by atomic mass is 10.1. The number of ether oxygens (including phenoxy) is 1. The zero-order valence-corrected chi connectivity index (χ0v) is 12.9. The van der Waals surface area contributed by atoms with Crippen LogP contribution in [0.2, 0.25) is 5.15 Å². The van der Waals surface area contributed by atoms with Crippen molar-refractivity contribution in [2.24, 2.45) is 0 Å². The van der Waals surface area contributed by atoms with Crippen molar-refractivity contribution in [1.82, 2.24) is 9.97 Å². The Morgan fingerprint density at radius 3 is 2.45 bits per heavy atom. The summed E-state index contributed by atoms with van der Waals surface area (Å²) < 4.78 is 5.79. The van der Waals surface area contributed by atoms with Gasteiger partial charge in [-0.25, -0.2) is 4.98 Å². The Labute approximate surface area is 125 Å². The van der Waals surface area contributed by atoms with E-state index in [4.69, 9.17) is 16.3 Å². The van der Waals surface area contributed by atoms with E-state index >= 15 is 0 Å². The molecule has 0 spiro atoms. The average molecular weight is 291 g/mol. The molecule has 1 aromatic heterocycles. The van der Waals surface area contributed by atoms with Gasteiger partial charge in [-0.2, -0.15) is 4.98 Å². The van der Waals surface area contributed by atoms with Crippen LogP contribution in [0, 0.1) is 13.8 Å². The van der Waals surface area contributed by atoms with Gasteiger partial charge in [-0.3, -0.25) is 0 Å². The van der Waals surface area contributed by atoms with Gasteiger partial charge in [0.15, 0.2) is 0 Å². The quantitative estimate of drug-likeness (QED) is 0.736. The molecule has 0 radical (unpaired) electrons. The molecule has 0 atom stereocenters. The molecular formula is C16H19ClN2O. The van der Waals surface area contributed by atoms with Gasteiger partial charge in [-0.15, -0.1) is 0 Å². The van der Waals surface area contributed by atoms with Gasteiger partial charge in [0, 0.05) is 5.56 Å². The molecular weight excluding hydrogens is 272 g/mol. The second-order valence-corrected chi connectivity index (χ2v) is 5.20. The van der Waals surface area contributed by atoms with E-state index in [0.717, 1.165) is 17.7 Å². The Bertz CT molecular complexity index is 582. The van der Waals surface area contributed by atoms with Crippen LogP contribution >= 0.6 is 11.6 Å². The molecule has 2 aromatic rings. The number of hydrogen-bond acceptors (Lipinski definition) is 3. The van der Waals surface area contributed by atoms with Crippen molar-refractivity contribution in [2.45, 2.75) is 40.0 Å². The number of rotatable bonds is 5. The number of nitrogens with zero attached hydrogens (tertiary/aromatic N) is 2. The van der Waals surface area contributed by atoms with Crippen LogP contribution in [0.4, 0.5) is 0 Å². The summed E-state index contributed by atoms with van der Waals surface area (Å²) in [7, 11) is 0. The van der Waals surface area contributed by atoms with Gasteiger partial charge in [0.05, 0.1) is 0 Å². The highest BCUT2D eigenvalue weighted by molar-refractivity contribution is 6.30. The van der Waals surface area contributed by atoms with Gasteiger partial charge in [0.1, 0.15) is 16.7 Å². The van der Waals surface area contributed by atoms with E-state index in [1.54, 1.807) is 6.92 Å². The molecule has 0 unspecified atom stereocenters. The molecule has 0 saturated heterocycles. The molecule has 0 aliphatic heterocycles. The van der Waals surface area contributed by atoms with Crippen LogP contribution in [0.3, 0.4) is 0 Å². The predicted molar refractivity (Wildman–Crippen MR) is 81.6 cm³/mol. The van der Waals surface area contributed by atoms with Crippen molar-refractivity contribution in [2.75, 3.05) is 0 Å². The molecule has 0 aliphatic carbocycles. The zero-order valence-electron chi connectivity index (χ0n) is 12.1. The van der Waals surface area contributed by atoms with Crippen molar-refractivity contribution >= 4 is 11.6 Å². The first-order chi connectivity index (χ1) is 9.60. The summed E-state index contributed by atoms with van der Waals surface area (Å²) in [6.45, 7) is 5.85. The third-order valence-corrected chi connectivity index (χ3v) is 3.48. The predicted octanol–water partition coefficient (Wildman–Crippen LogP) is 4.88. The van der Waals surface area contributed by atoms with Crippen LogP contribution in [0.25, 0.3) is 0 Å². The molecule has 0 saturated carbocycles. The smallest absolute Gasteiger partial charge is 0.226 e. The number of aromatic nitrogens is 2. The van der Waals surface area contributed by atoms with Crippen LogP contribution in [0.15, 0.2) is 24.3 Å². The Balaban J connectivity index is 2.14. The molecule has 2 rings (SSSR count). The lowest BCUT2D eigenvalue weighted by Crippen LogP contribution is -1.97. The first-order valence-electron chi connectivity index (χ1n) is 6.87. The molecule has 20 heavy (non-hydrogen) atoms. The first kappa shape index (κ1) is 14.8. The Morgan fingerprint density at radius 1 is 1.10 bits per heavy atom. The number of hydrogen-bond donors (Lipinski definition) is 0. The number of halogens is 1. The minimum Gasteiger partial charge on any atom is -0.439 e. The third-order valence-electron chi connectivity index (χ3n) is 3.11. The number of benzene rings is 1. The standard InChI is InChI=1S/C16H19ClN2O/c1-4-5-6-13-7-9-14(10-8-13)20-16-11(2)15(17)18-12(3)19-16/h7-10H,4-6H2,1-3H3. The topological polar surface area (TPSA) is 35.0 Å². The molecule has 0 aliphatic rings. The molecule has 4 heteroatoms. The van der Waals surface area contributed by atoms with Gasteiger partial charge in [0.25, 0.3) is 0 Å². The van der Waals surface area contributed by atoms with Crippen LogP contribution in [-0.2, 0) is 6.42 Å². The van der Waals surface area contributed by atoms with Crippen LogP contribution in [-0.4, -0.2) is 9.97 Å². The Kier molecular flexibility index (Phi) is 4.96. The minimum atomic E-state index is 0.437. The minimum absolute atomic E-state index is 0.437. The number of aryl methyl sites for hydroxylation is 2. The molecule has 1 heterocycles. The molecule has 3 nitrogen and oxygen atoms in total. The molecule has 0 bridgehead atoms. The summed E-state index contributed by atoms with van der Waals surface area (Å²) in [4.78, 5) is 8.38. The SMILES string of the molecule is CCCCc1ccc(Oc2nc(C)nc(Cl)c2C)cc1. The summed E-state index contributed by atoms with van der Waals surface area (Å²) in [5.41, 5.74) is 2.08. The Hall–Kier alpha value is -1.61. The van der Waals surface area contributed by atoms with Crippen molar-refractivity contribution in [3.63, 3.8) is 0 Å². The molecule has 0 N–H and O–H groups in total. The van der Waals surface area contributed by atoms with Gasteiger partial charge in [-0.05, 0) is 44.4 Å². The second kappa shape index (κ2) is 6.71. The third kappa shape index (κ3) is 3.70. The van der Waals surface area contributed by atoms with Gasteiger partial charge < -0.3 is 4.74 Å². The monoisotopic (exact) mass is 290 g/mol. The van der Waals surface area contributed by atoms with Crippen molar-refractivity contribution < 1.29 is 4.74 Å². The summed E-state index contributed by atoms with van der Waals surface area (Å²) in [6.07, 6.45) is 3.52. The lowest BCUT2D eigenvalue weighted by molar-refractivity contribution is 0.455.